The van der Waals surface area contributed by atoms with E-state index in [1.807, 2.05) is 44.2 Å². The monoisotopic (exact) mass is 303 g/mol. The van der Waals surface area contributed by atoms with Crippen LogP contribution in [0.1, 0.15) is 18.1 Å². The first kappa shape index (κ1) is 15.4. The summed E-state index contributed by atoms with van der Waals surface area (Å²) in [5.41, 5.74) is 2.63. The quantitative estimate of drug-likeness (QED) is 0.911. The van der Waals surface area contributed by atoms with Gasteiger partial charge in [0, 0.05) is 10.7 Å². The summed E-state index contributed by atoms with van der Waals surface area (Å²) in [5, 5.41) is 3.46. The molecule has 0 fully saturated rings. The van der Waals surface area contributed by atoms with Crippen LogP contribution in [0.5, 0.6) is 5.75 Å². The Bertz CT molecular complexity index is 655. The van der Waals surface area contributed by atoms with E-state index in [1.165, 1.54) is 0 Å². The van der Waals surface area contributed by atoms with Gasteiger partial charge in [-0.05, 0) is 56.2 Å². The van der Waals surface area contributed by atoms with Gasteiger partial charge in [-0.3, -0.25) is 4.79 Å². The number of amides is 1. The molecule has 0 bridgehead atoms. The third-order valence-electron chi connectivity index (χ3n) is 3.20. The smallest absolute Gasteiger partial charge is 0.265 e. The van der Waals surface area contributed by atoms with Crippen molar-refractivity contribution in [3.8, 4) is 5.75 Å². The molecule has 0 saturated heterocycles. The lowest BCUT2D eigenvalue weighted by atomic mass is 10.2. The molecule has 2 aromatic rings. The summed E-state index contributed by atoms with van der Waals surface area (Å²) < 4.78 is 5.65. The van der Waals surface area contributed by atoms with Crippen molar-refractivity contribution in [3.05, 3.63) is 58.6 Å². The van der Waals surface area contributed by atoms with Crippen LogP contribution in [0.3, 0.4) is 0 Å². The number of aryl methyl sites for hydroxylation is 1. The molecule has 1 atom stereocenters. The summed E-state index contributed by atoms with van der Waals surface area (Å²) in [6, 6.07) is 13.0. The molecule has 1 unspecified atom stereocenters. The van der Waals surface area contributed by atoms with Crippen molar-refractivity contribution in [2.75, 3.05) is 5.32 Å². The third-order valence-corrected chi connectivity index (χ3v) is 3.61. The highest BCUT2D eigenvalue weighted by atomic mass is 35.5. The number of hydrogen-bond acceptors (Lipinski definition) is 2. The summed E-state index contributed by atoms with van der Waals surface area (Å²) in [7, 11) is 0. The van der Waals surface area contributed by atoms with Crippen LogP contribution in [-0.2, 0) is 4.79 Å². The van der Waals surface area contributed by atoms with Gasteiger partial charge in [-0.25, -0.2) is 0 Å². The van der Waals surface area contributed by atoms with E-state index in [-0.39, 0.29) is 5.91 Å². The molecule has 0 saturated carbocycles. The van der Waals surface area contributed by atoms with Crippen molar-refractivity contribution in [2.24, 2.45) is 0 Å². The zero-order valence-corrected chi connectivity index (χ0v) is 13.1. The van der Waals surface area contributed by atoms with Crippen molar-refractivity contribution in [3.63, 3.8) is 0 Å². The molecule has 110 valence electrons. The Morgan fingerprint density at radius 2 is 1.90 bits per heavy atom. The summed E-state index contributed by atoms with van der Waals surface area (Å²) in [5.74, 6) is 0.474. The number of anilines is 1. The number of nitrogens with one attached hydrogen (secondary N) is 1. The Kier molecular flexibility index (Phi) is 4.86. The van der Waals surface area contributed by atoms with Gasteiger partial charge >= 0.3 is 0 Å². The highest BCUT2D eigenvalue weighted by Gasteiger charge is 2.16. The molecular weight excluding hydrogens is 286 g/mol. The van der Waals surface area contributed by atoms with Crippen LogP contribution in [0.25, 0.3) is 0 Å². The van der Waals surface area contributed by atoms with Crippen LogP contribution < -0.4 is 10.1 Å². The summed E-state index contributed by atoms with van der Waals surface area (Å²) >= 11 is 6.04. The van der Waals surface area contributed by atoms with E-state index >= 15 is 0 Å². The van der Waals surface area contributed by atoms with Crippen molar-refractivity contribution in [1.82, 2.24) is 0 Å². The van der Waals surface area contributed by atoms with Gasteiger partial charge in [0.15, 0.2) is 6.10 Å². The number of halogens is 1. The van der Waals surface area contributed by atoms with E-state index in [4.69, 9.17) is 16.3 Å². The van der Waals surface area contributed by atoms with Crippen LogP contribution in [0.15, 0.2) is 42.5 Å². The minimum absolute atomic E-state index is 0.207. The Balaban J connectivity index is 2.04. The molecule has 3 nitrogen and oxygen atoms in total. The maximum atomic E-state index is 12.2. The fourth-order valence-electron chi connectivity index (χ4n) is 1.92. The predicted molar refractivity (Wildman–Crippen MR) is 86.1 cm³/mol. The summed E-state index contributed by atoms with van der Waals surface area (Å²) in [6.07, 6.45) is -0.592. The maximum absolute atomic E-state index is 12.2. The Labute approximate surface area is 129 Å². The predicted octanol–water partition coefficient (Wildman–Crippen LogP) is 4.36. The van der Waals surface area contributed by atoms with Crippen molar-refractivity contribution < 1.29 is 9.53 Å². The highest BCUT2D eigenvalue weighted by Crippen LogP contribution is 2.23. The van der Waals surface area contributed by atoms with Gasteiger partial charge in [0.2, 0.25) is 0 Å². The molecule has 1 N–H and O–H groups in total. The first-order chi connectivity index (χ1) is 9.97. The summed E-state index contributed by atoms with van der Waals surface area (Å²) in [6.45, 7) is 5.56. The van der Waals surface area contributed by atoms with E-state index in [9.17, 15) is 4.79 Å². The Hall–Kier alpha value is -2.00. The van der Waals surface area contributed by atoms with Gasteiger partial charge in [-0.1, -0.05) is 29.8 Å². The van der Waals surface area contributed by atoms with E-state index in [1.54, 1.807) is 19.1 Å². The number of ether oxygens (including phenoxy) is 1. The second-order valence-electron chi connectivity index (χ2n) is 4.98. The molecule has 0 aliphatic rings. The first-order valence-corrected chi connectivity index (χ1v) is 7.14. The van der Waals surface area contributed by atoms with E-state index in [0.29, 0.717) is 16.5 Å². The molecular formula is C17H18ClNO2. The summed E-state index contributed by atoms with van der Waals surface area (Å²) in [4.78, 5) is 12.2. The van der Waals surface area contributed by atoms with Crippen molar-refractivity contribution in [2.45, 2.75) is 26.9 Å². The zero-order chi connectivity index (χ0) is 15.4. The van der Waals surface area contributed by atoms with Crippen LogP contribution in [0.4, 0.5) is 5.69 Å². The standard InChI is InChI=1S/C17H18ClNO2/c1-11-6-4-7-14(10-11)21-13(3)17(20)19-16-9-5-8-15(18)12(16)2/h4-10,13H,1-3H3,(H,19,20). The van der Waals surface area contributed by atoms with E-state index < -0.39 is 6.10 Å². The number of hydrogen-bond donors (Lipinski definition) is 1. The fourth-order valence-corrected chi connectivity index (χ4v) is 2.10. The van der Waals surface area contributed by atoms with Gasteiger partial charge < -0.3 is 10.1 Å². The lowest BCUT2D eigenvalue weighted by Gasteiger charge is -2.16. The molecule has 4 heteroatoms. The van der Waals surface area contributed by atoms with E-state index in [0.717, 1.165) is 11.1 Å². The molecule has 0 aliphatic carbocycles. The second kappa shape index (κ2) is 6.64. The van der Waals surface area contributed by atoms with Gasteiger partial charge in [0.1, 0.15) is 5.75 Å². The molecule has 0 aromatic heterocycles. The SMILES string of the molecule is Cc1cccc(OC(C)C(=O)Nc2cccc(Cl)c2C)c1. The zero-order valence-electron chi connectivity index (χ0n) is 12.3. The first-order valence-electron chi connectivity index (χ1n) is 6.76. The third kappa shape index (κ3) is 3.99. The molecule has 1 amide bonds. The molecule has 0 spiro atoms. The van der Waals surface area contributed by atoms with Crippen LogP contribution in [-0.4, -0.2) is 12.0 Å². The topological polar surface area (TPSA) is 38.3 Å². The van der Waals surface area contributed by atoms with Crippen LogP contribution in [0.2, 0.25) is 5.02 Å². The number of carbonyl (C=O) groups excluding carboxylic acids is 1. The molecule has 0 aliphatic heterocycles. The van der Waals surface area contributed by atoms with E-state index in [2.05, 4.69) is 5.32 Å². The van der Waals surface area contributed by atoms with Gasteiger partial charge in [0.05, 0.1) is 0 Å². The lowest BCUT2D eigenvalue weighted by Crippen LogP contribution is -2.30. The van der Waals surface area contributed by atoms with Crippen molar-refractivity contribution >= 4 is 23.2 Å². The van der Waals surface area contributed by atoms with Gasteiger partial charge in [-0.2, -0.15) is 0 Å². The number of carbonyl (C=O) groups is 1. The lowest BCUT2D eigenvalue weighted by molar-refractivity contribution is -0.122. The minimum atomic E-state index is -0.592. The second-order valence-corrected chi connectivity index (χ2v) is 5.39. The minimum Gasteiger partial charge on any atom is -0.481 e. The van der Waals surface area contributed by atoms with Crippen LogP contribution in [0, 0.1) is 13.8 Å². The normalized spacial score (nSPS) is 11.8. The average Bonchev–Trinajstić information content (AvgIpc) is 2.44. The van der Waals surface area contributed by atoms with Gasteiger partial charge in [-0.15, -0.1) is 0 Å². The van der Waals surface area contributed by atoms with Crippen LogP contribution >= 0.6 is 11.6 Å². The largest absolute Gasteiger partial charge is 0.481 e. The molecule has 21 heavy (non-hydrogen) atoms. The Morgan fingerprint density at radius 1 is 1.19 bits per heavy atom. The number of rotatable bonds is 4. The highest BCUT2D eigenvalue weighted by molar-refractivity contribution is 6.31. The molecule has 2 aromatic carbocycles. The number of benzene rings is 2. The van der Waals surface area contributed by atoms with Gasteiger partial charge in [0.25, 0.3) is 5.91 Å². The molecule has 0 heterocycles. The average molecular weight is 304 g/mol. The molecule has 2 rings (SSSR count). The molecule has 0 radical (unpaired) electrons. The van der Waals surface area contributed by atoms with Crippen molar-refractivity contribution in [1.29, 1.82) is 0 Å². The maximum Gasteiger partial charge on any atom is 0.265 e. The Morgan fingerprint density at radius 3 is 2.62 bits per heavy atom. The fraction of sp³-hybridized carbons (Fsp3) is 0.235.